The largest absolute Gasteiger partial charge is 0.484 e. The van der Waals surface area contributed by atoms with Crippen LogP contribution < -0.4 is 10.5 Å². The van der Waals surface area contributed by atoms with Gasteiger partial charge in [0.15, 0.2) is 5.75 Å². The van der Waals surface area contributed by atoms with Gasteiger partial charge in [-0.05, 0) is 31.5 Å². The lowest BCUT2D eigenvalue weighted by Crippen LogP contribution is -2.09. The van der Waals surface area contributed by atoms with Gasteiger partial charge in [-0.15, -0.1) is 0 Å². The number of anilines is 1. The van der Waals surface area contributed by atoms with Crippen molar-refractivity contribution in [3.05, 3.63) is 41.2 Å². The molecular formula is C15H19N3O3. The van der Waals surface area contributed by atoms with Crippen molar-refractivity contribution in [3.63, 3.8) is 0 Å². The average molecular weight is 289 g/mol. The lowest BCUT2D eigenvalue weighted by molar-refractivity contribution is 0.0691. The maximum Gasteiger partial charge on any atom is 0.339 e. The van der Waals surface area contributed by atoms with Gasteiger partial charge in [0.25, 0.3) is 0 Å². The molecule has 3 N–H and O–H groups in total. The van der Waals surface area contributed by atoms with Crippen molar-refractivity contribution in [1.82, 2.24) is 9.78 Å². The average Bonchev–Trinajstić information content (AvgIpc) is 2.88. The summed E-state index contributed by atoms with van der Waals surface area (Å²) in [4.78, 5) is 11.2. The first kappa shape index (κ1) is 14.9. The molecule has 0 fully saturated rings. The first-order valence-electron chi connectivity index (χ1n) is 6.87. The van der Waals surface area contributed by atoms with E-state index in [1.807, 2.05) is 24.6 Å². The van der Waals surface area contributed by atoms with Crippen LogP contribution in [0.25, 0.3) is 0 Å². The number of nitrogen functional groups attached to an aromatic ring is 1. The second-order valence-electron chi connectivity index (χ2n) is 4.61. The molecule has 0 saturated heterocycles. The van der Waals surface area contributed by atoms with E-state index in [4.69, 9.17) is 10.5 Å². The van der Waals surface area contributed by atoms with E-state index in [0.29, 0.717) is 5.69 Å². The van der Waals surface area contributed by atoms with Crippen molar-refractivity contribution in [2.24, 2.45) is 0 Å². The van der Waals surface area contributed by atoms with Crippen LogP contribution in [0.3, 0.4) is 0 Å². The molecule has 0 radical (unpaired) electrons. The van der Waals surface area contributed by atoms with Crippen LogP contribution in [-0.2, 0) is 19.6 Å². The molecule has 1 heterocycles. The van der Waals surface area contributed by atoms with E-state index < -0.39 is 5.97 Å². The number of carbonyl (C=O) groups is 1. The minimum absolute atomic E-state index is 0.0632. The van der Waals surface area contributed by atoms with E-state index in [2.05, 4.69) is 5.10 Å². The van der Waals surface area contributed by atoms with Crippen LogP contribution >= 0.6 is 0 Å². The smallest absolute Gasteiger partial charge is 0.339 e. The zero-order valence-electron chi connectivity index (χ0n) is 12.2. The molecule has 0 unspecified atom stereocenters. The number of nitrogens with zero attached hydrogens (tertiary/aromatic N) is 2. The predicted octanol–water partition coefficient (Wildman–Crippen LogP) is 2.32. The maximum atomic E-state index is 11.2. The standard InChI is InChI=1S/C15H19N3O3/c1-3-10-8-11(18(4-2)17-10)9-21-14-12(15(19)20)6-5-7-13(14)16/h5-8H,3-4,9,16H2,1-2H3,(H,19,20). The predicted molar refractivity (Wildman–Crippen MR) is 79.4 cm³/mol. The fraction of sp³-hybridized carbons (Fsp3) is 0.333. The summed E-state index contributed by atoms with van der Waals surface area (Å²) < 4.78 is 7.49. The molecule has 6 heteroatoms. The number of aromatic nitrogens is 2. The van der Waals surface area contributed by atoms with Gasteiger partial charge in [0, 0.05) is 6.54 Å². The Morgan fingerprint density at radius 1 is 1.43 bits per heavy atom. The van der Waals surface area contributed by atoms with Gasteiger partial charge in [-0.1, -0.05) is 13.0 Å². The molecular weight excluding hydrogens is 270 g/mol. The number of ether oxygens (including phenoxy) is 1. The van der Waals surface area contributed by atoms with E-state index in [1.165, 1.54) is 6.07 Å². The zero-order valence-corrected chi connectivity index (χ0v) is 12.2. The topological polar surface area (TPSA) is 90.4 Å². The van der Waals surface area contributed by atoms with E-state index in [0.717, 1.165) is 24.4 Å². The fourth-order valence-corrected chi connectivity index (χ4v) is 2.11. The number of aromatic carboxylic acids is 1. The highest BCUT2D eigenvalue weighted by atomic mass is 16.5. The Morgan fingerprint density at radius 2 is 2.19 bits per heavy atom. The van der Waals surface area contributed by atoms with Gasteiger partial charge in [0.05, 0.1) is 17.1 Å². The van der Waals surface area contributed by atoms with E-state index in [-0.39, 0.29) is 17.9 Å². The number of hydrogen-bond donors (Lipinski definition) is 2. The summed E-state index contributed by atoms with van der Waals surface area (Å²) >= 11 is 0. The van der Waals surface area contributed by atoms with Crippen LogP contribution in [0.5, 0.6) is 5.75 Å². The Bertz CT molecular complexity index is 650. The molecule has 0 amide bonds. The molecule has 0 aliphatic carbocycles. The van der Waals surface area contributed by atoms with Gasteiger partial charge in [0.1, 0.15) is 12.2 Å². The lowest BCUT2D eigenvalue weighted by atomic mass is 10.2. The molecule has 0 aliphatic rings. The van der Waals surface area contributed by atoms with Crippen LogP contribution in [0.4, 0.5) is 5.69 Å². The van der Waals surface area contributed by atoms with Crippen molar-refractivity contribution in [1.29, 1.82) is 0 Å². The fourth-order valence-electron chi connectivity index (χ4n) is 2.11. The summed E-state index contributed by atoms with van der Waals surface area (Å²) in [6.07, 6.45) is 0.841. The highest BCUT2D eigenvalue weighted by Crippen LogP contribution is 2.27. The molecule has 0 aliphatic heterocycles. The van der Waals surface area contributed by atoms with Crippen LogP contribution in [0.1, 0.15) is 35.6 Å². The van der Waals surface area contributed by atoms with Crippen molar-refractivity contribution in [2.45, 2.75) is 33.4 Å². The Morgan fingerprint density at radius 3 is 2.81 bits per heavy atom. The number of carboxylic acid groups (broad SMARTS) is 1. The van der Waals surface area contributed by atoms with Crippen LogP contribution in [0, 0.1) is 0 Å². The summed E-state index contributed by atoms with van der Waals surface area (Å²) in [6, 6.07) is 6.65. The van der Waals surface area contributed by atoms with E-state index >= 15 is 0 Å². The van der Waals surface area contributed by atoms with E-state index in [1.54, 1.807) is 12.1 Å². The molecule has 1 aromatic carbocycles. The number of carboxylic acids is 1. The third kappa shape index (κ3) is 3.16. The Hall–Kier alpha value is -2.50. The second kappa shape index (κ2) is 6.30. The molecule has 0 bridgehead atoms. The van der Waals surface area contributed by atoms with Crippen molar-refractivity contribution in [3.8, 4) is 5.75 Å². The summed E-state index contributed by atoms with van der Waals surface area (Å²) in [6.45, 7) is 4.99. The molecule has 6 nitrogen and oxygen atoms in total. The molecule has 0 atom stereocenters. The van der Waals surface area contributed by atoms with Crippen LogP contribution in [0.15, 0.2) is 24.3 Å². The molecule has 112 valence electrons. The first-order valence-corrected chi connectivity index (χ1v) is 6.87. The summed E-state index contributed by atoms with van der Waals surface area (Å²) in [5.41, 5.74) is 8.07. The van der Waals surface area contributed by atoms with Gasteiger partial charge in [-0.25, -0.2) is 4.79 Å². The summed E-state index contributed by atoms with van der Waals surface area (Å²) in [5, 5.41) is 13.6. The van der Waals surface area contributed by atoms with Gasteiger partial charge in [-0.2, -0.15) is 5.10 Å². The molecule has 0 spiro atoms. The van der Waals surface area contributed by atoms with Crippen molar-refractivity contribution in [2.75, 3.05) is 5.73 Å². The second-order valence-corrected chi connectivity index (χ2v) is 4.61. The SMILES string of the molecule is CCc1cc(COc2c(N)cccc2C(=O)O)n(CC)n1. The van der Waals surface area contributed by atoms with Crippen molar-refractivity contribution >= 4 is 11.7 Å². The molecule has 21 heavy (non-hydrogen) atoms. The maximum absolute atomic E-state index is 11.2. The number of aryl methyl sites for hydroxylation is 2. The summed E-state index contributed by atoms with van der Waals surface area (Å²) in [7, 11) is 0. The molecule has 1 aromatic heterocycles. The lowest BCUT2D eigenvalue weighted by Gasteiger charge is -2.12. The number of rotatable bonds is 6. The van der Waals surface area contributed by atoms with Gasteiger partial charge in [-0.3, -0.25) is 4.68 Å². The van der Waals surface area contributed by atoms with Crippen LogP contribution in [-0.4, -0.2) is 20.9 Å². The number of nitrogens with two attached hydrogens (primary N) is 1. The Kier molecular flexibility index (Phi) is 4.47. The summed E-state index contributed by atoms with van der Waals surface area (Å²) in [5.74, 6) is -0.859. The highest BCUT2D eigenvalue weighted by molar-refractivity contribution is 5.93. The van der Waals surface area contributed by atoms with Crippen molar-refractivity contribution < 1.29 is 14.6 Å². The number of benzene rings is 1. The normalized spacial score (nSPS) is 10.6. The number of para-hydroxylation sites is 1. The van der Waals surface area contributed by atoms with E-state index in [9.17, 15) is 9.90 Å². The zero-order chi connectivity index (χ0) is 15.4. The Labute approximate surface area is 123 Å². The molecule has 2 rings (SSSR count). The quantitative estimate of drug-likeness (QED) is 0.796. The third-order valence-corrected chi connectivity index (χ3v) is 3.22. The monoisotopic (exact) mass is 289 g/mol. The van der Waals surface area contributed by atoms with Gasteiger partial charge < -0.3 is 15.6 Å². The minimum Gasteiger partial charge on any atom is -0.484 e. The van der Waals surface area contributed by atoms with Gasteiger partial charge >= 0.3 is 5.97 Å². The number of hydrogen-bond acceptors (Lipinski definition) is 4. The highest BCUT2D eigenvalue weighted by Gasteiger charge is 2.15. The molecule has 2 aromatic rings. The third-order valence-electron chi connectivity index (χ3n) is 3.22. The molecule has 0 saturated carbocycles. The first-order chi connectivity index (χ1) is 10.1. The minimum atomic E-state index is -1.06. The Balaban J connectivity index is 2.24. The van der Waals surface area contributed by atoms with Crippen LogP contribution in [0.2, 0.25) is 0 Å². The van der Waals surface area contributed by atoms with Gasteiger partial charge in [0.2, 0.25) is 0 Å².